The molecule has 2 rings (SSSR count). The zero-order chi connectivity index (χ0) is 13.5. The Kier molecular flexibility index (Phi) is 3.36. The number of amides is 1. The second-order valence-electron chi connectivity index (χ2n) is 6.08. The fourth-order valence-electron chi connectivity index (χ4n) is 3.14. The quantitative estimate of drug-likeness (QED) is 0.695. The normalized spacial score (nSPS) is 37.9. The van der Waals surface area contributed by atoms with E-state index in [0.717, 1.165) is 19.3 Å². The molecular formula is C13H21NO4. The highest BCUT2D eigenvalue weighted by molar-refractivity contribution is 5.91. The number of hydrogen-bond acceptors (Lipinski definition) is 3. The van der Waals surface area contributed by atoms with Crippen molar-refractivity contribution in [3.8, 4) is 0 Å². The molecule has 5 heteroatoms. The van der Waals surface area contributed by atoms with Gasteiger partial charge in [-0.25, -0.2) is 0 Å². The first-order valence-electron chi connectivity index (χ1n) is 6.57. The predicted octanol–water partition coefficient (Wildman–Crippen LogP) is 0.763. The number of carboxylic acids is 1. The second-order valence-corrected chi connectivity index (χ2v) is 6.08. The lowest BCUT2D eigenvalue weighted by Gasteiger charge is -2.28. The third-order valence-corrected chi connectivity index (χ3v) is 4.43. The van der Waals surface area contributed by atoms with E-state index in [2.05, 4.69) is 5.32 Å². The van der Waals surface area contributed by atoms with Crippen LogP contribution in [0.15, 0.2) is 0 Å². The minimum absolute atomic E-state index is 0.211. The number of carbonyl (C=O) groups excluding carboxylic acids is 1. The van der Waals surface area contributed by atoms with Gasteiger partial charge in [0.1, 0.15) is 0 Å². The molecule has 0 heterocycles. The smallest absolute Gasteiger partial charge is 0.307 e. The molecule has 0 saturated heterocycles. The Morgan fingerprint density at radius 2 is 1.78 bits per heavy atom. The van der Waals surface area contributed by atoms with Crippen LogP contribution in [0, 0.1) is 17.3 Å². The fraction of sp³-hybridized carbons (Fsp3) is 0.846. The number of carboxylic acid groups (broad SMARTS) is 1. The average Bonchev–Trinajstić information content (AvgIpc) is 2.85. The molecule has 1 amide bonds. The van der Waals surface area contributed by atoms with Gasteiger partial charge in [-0.2, -0.15) is 0 Å². The molecule has 0 aromatic heterocycles. The molecule has 102 valence electrons. The van der Waals surface area contributed by atoms with Crippen LogP contribution in [0.5, 0.6) is 0 Å². The molecule has 2 fully saturated rings. The number of aliphatic hydroxyl groups excluding tert-OH is 1. The van der Waals surface area contributed by atoms with E-state index in [4.69, 9.17) is 5.11 Å². The van der Waals surface area contributed by atoms with Gasteiger partial charge < -0.3 is 15.5 Å². The van der Waals surface area contributed by atoms with Crippen LogP contribution in [-0.4, -0.2) is 34.2 Å². The molecule has 4 atom stereocenters. The van der Waals surface area contributed by atoms with Crippen molar-refractivity contribution in [2.24, 2.45) is 17.3 Å². The first kappa shape index (κ1) is 13.3. The van der Waals surface area contributed by atoms with Gasteiger partial charge in [-0.15, -0.1) is 0 Å². The summed E-state index contributed by atoms with van der Waals surface area (Å²) in [4.78, 5) is 23.1. The Bertz CT molecular complexity index is 366. The van der Waals surface area contributed by atoms with Gasteiger partial charge in [-0.1, -0.05) is 26.7 Å². The van der Waals surface area contributed by atoms with Crippen molar-refractivity contribution >= 4 is 11.9 Å². The van der Waals surface area contributed by atoms with Gasteiger partial charge in [0.2, 0.25) is 5.91 Å². The van der Waals surface area contributed by atoms with Crippen molar-refractivity contribution in [3.63, 3.8) is 0 Å². The monoisotopic (exact) mass is 255 g/mol. The molecule has 0 spiro atoms. The predicted molar refractivity (Wildman–Crippen MR) is 64.8 cm³/mol. The van der Waals surface area contributed by atoms with Crippen LogP contribution in [0.25, 0.3) is 0 Å². The second kappa shape index (κ2) is 4.53. The Morgan fingerprint density at radius 1 is 1.17 bits per heavy atom. The topological polar surface area (TPSA) is 86.6 Å². The summed E-state index contributed by atoms with van der Waals surface area (Å²) in [6.45, 7) is 3.60. The Morgan fingerprint density at radius 3 is 2.28 bits per heavy atom. The number of hydrogen-bond donors (Lipinski definition) is 3. The van der Waals surface area contributed by atoms with Crippen LogP contribution < -0.4 is 5.32 Å². The highest BCUT2D eigenvalue weighted by Gasteiger charge is 2.66. The van der Waals surface area contributed by atoms with Crippen molar-refractivity contribution in [2.75, 3.05) is 0 Å². The zero-order valence-electron chi connectivity index (χ0n) is 10.8. The van der Waals surface area contributed by atoms with Gasteiger partial charge in [0, 0.05) is 0 Å². The van der Waals surface area contributed by atoms with E-state index in [-0.39, 0.29) is 11.9 Å². The van der Waals surface area contributed by atoms with Gasteiger partial charge in [-0.3, -0.25) is 9.59 Å². The summed E-state index contributed by atoms with van der Waals surface area (Å²) >= 11 is 0. The van der Waals surface area contributed by atoms with Crippen LogP contribution in [0.4, 0.5) is 0 Å². The highest BCUT2D eigenvalue weighted by Crippen LogP contribution is 2.58. The molecule has 5 nitrogen and oxygen atoms in total. The lowest BCUT2D eigenvalue weighted by molar-refractivity contribution is -0.140. The molecule has 3 N–H and O–H groups in total. The molecule has 0 radical (unpaired) electrons. The number of aliphatic hydroxyl groups is 1. The van der Waals surface area contributed by atoms with Crippen molar-refractivity contribution < 1.29 is 19.8 Å². The van der Waals surface area contributed by atoms with E-state index in [1.807, 2.05) is 0 Å². The van der Waals surface area contributed by atoms with Crippen LogP contribution in [-0.2, 0) is 9.59 Å². The summed E-state index contributed by atoms with van der Waals surface area (Å²) in [5.74, 6) is -2.20. The third kappa shape index (κ3) is 2.23. The van der Waals surface area contributed by atoms with Crippen molar-refractivity contribution in [3.05, 3.63) is 0 Å². The molecule has 4 unspecified atom stereocenters. The minimum Gasteiger partial charge on any atom is -0.481 e. The molecule has 0 aromatic carbocycles. The van der Waals surface area contributed by atoms with Crippen LogP contribution >= 0.6 is 0 Å². The first-order chi connectivity index (χ1) is 8.35. The number of carbonyl (C=O) groups is 2. The third-order valence-electron chi connectivity index (χ3n) is 4.43. The van der Waals surface area contributed by atoms with Crippen LogP contribution in [0.1, 0.15) is 39.5 Å². The maximum atomic E-state index is 12.1. The molecule has 0 aromatic rings. The molecule has 18 heavy (non-hydrogen) atoms. The molecule has 2 aliphatic rings. The number of aliphatic carboxylic acids is 1. The Labute approximate surface area is 107 Å². The summed E-state index contributed by atoms with van der Waals surface area (Å²) in [6, 6.07) is -0.211. The summed E-state index contributed by atoms with van der Waals surface area (Å²) < 4.78 is 0. The summed E-state index contributed by atoms with van der Waals surface area (Å²) in [7, 11) is 0. The van der Waals surface area contributed by atoms with Crippen molar-refractivity contribution in [2.45, 2.75) is 51.7 Å². The Hall–Kier alpha value is -1.10. The van der Waals surface area contributed by atoms with E-state index in [1.54, 1.807) is 13.8 Å². The lowest BCUT2D eigenvalue weighted by Crippen LogP contribution is -2.46. The molecule has 0 aliphatic heterocycles. The molecule has 2 saturated carbocycles. The number of rotatable bonds is 3. The van der Waals surface area contributed by atoms with E-state index < -0.39 is 29.3 Å². The van der Waals surface area contributed by atoms with Gasteiger partial charge in [0.25, 0.3) is 0 Å². The van der Waals surface area contributed by atoms with Gasteiger partial charge in [0.05, 0.1) is 24.0 Å². The average molecular weight is 255 g/mol. The van der Waals surface area contributed by atoms with E-state index in [0.29, 0.717) is 6.42 Å². The summed E-state index contributed by atoms with van der Waals surface area (Å²) in [5, 5.41) is 21.6. The SMILES string of the molecule is CC1(C)C(C(=O)O)C1C(=O)NC1CCCCC1O. The lowest BCUT2D eigenvalue weighted by atomic mass is 9.92. The zero-order valence-corrected chi connectivity index (χ0v) is 10.8. The largest absolute Gasteiger partial charge is 0.481 e. The van der Waals surface area contributed by atoms with E-state index in [9.17, 15) is 14.7 Å². The highest BCUT2D eigenvalue weighted by atomic mass is 16.4. The van der Waals surface area contributed by atoms with Crippen molar-refractivity contribution in [1.82, 2.24) is 5.32 Å². The minimum atomic E-state index is -0.913. The van der Waals surface area contributed by atoms with Crippen molar-refractivity contribution in [1.29, 1.82) is 0 Å². The van der Waals surface area contributed by atoms with Gasteiger partial charge >= 0.3 is 5.97 Å². The number of nitrogens with one attached hydrogen (secondary N) is 1. The molecule has 0 bridgehead atoms. The van der Waals surface area contributed by atoms with Gasteiger partial charge in [-0.05, 0) is 18.3 Å². The first-order valence-corrected chi connectivity index (χ1v) is 6.57. The van der Waals surface area contributed by atoms with Crippen LogP contribution in [0.2, 0.25) is 0 Å². The summed E-state index contributed by atoms with van der Waals surface area (Å²) in [6.07, 6.45) is 2.98. The maximum Gasteiger partial charge on any atom is 0.307 e. The molecule has 2 aliphatic carbocycles. The molecular weight excluding hydrogens is 234 g/mol. The van der Waals surface area contributed by atoms with E-state index >= 15 is 0 Å². The van der Waals surface area contributed by atoms with Crippen LogP contribution in [0.3, 0.4) is 0 Å². The fourth-order valence-corrected chi connectivity index (χ4v) is 3.14. The Balaban J connectivity index is 1.95. The summed E-state index contributed by atoms with van der Waals surface area (Å²) in [5.41, 5.74) is -0.477. The van der Waals surface area contributed by atoms with E-state index in [1.165, 1.54) is 0 Å². The van der Waals surface area contributed by atoms with Gasteiger partial charge in [0.15, 0.2) is 0 Å². The maximum absolute atomic E-state index is 12.1. The standard InChI is InChI=1S/C13H21NO4/c1-13(2)9(10(13)12(17)18)11(16)14-7-5-3-4-6-8(7)15/h7-10,15H,3-6H2,1-2H3,(H,14,16)(H,17,18).